The summed E-state index contributed by atoms with van der Waals surface area (Å²) >= 11 is 0. The zero-order chi connectivity index (χ0) is 14.6. The summed E-state index contributed by atoms with van der Waals surface area (Å²) in [4.78, 5) is 13.6. The average molecular weight is 292 g/mol. The van der Waals surface area contributed by atoms with Crippen LogP contribution in [0.1, 0.15) is 17.5 Å². The third-order valence-electron chi connectivity index (χ3n) is 3.35. The van der Waals surface area contributed by atoms with Crippen LogP contribution in [0.5, 0.6) is 0 Å². The molecule has 0 saturated heterocycles. The maximum atomic E-state index is 12.1. The summed E-state index contributed by atoms with van der Waals surface area (Å²) in [5, 5.41) is 8.41. The third kappa shape index (κ3) is 3.58. The van der Waals surface area contributed by atoms with Gasteiger partial charge in [-0.05, 0) is 17.5 Å². The van der Waals surface area contributed by atoms with Crippen LogP contribution in [0.15, 0.2) is 24.3 Å². The lowest BCUT2D eigenvalue weighted by Gasteiger charge is -2.28. The molecule has 1 aromatic rings. The van der Waals surface area contributed by atoms with E-state index in [-0.39, 0.29) is 18.1 Å². The van der Waals surface area contributed by atoms with Gasteiger partial charge in [-0.2, -0.15) is 5.26 Å². The van der Waals surface area contributed by atoms with Crippen molar-refractivity contribution in [1.82, 2.24) is 4.90 Å². The van der Waals surface area contributed by atoms with Crippen molar-refractivity contribution in [2.24, 2.45) is 0 Å². The van der Waals surface area contributed by atoms with Gasteiger partial charge < -0.3 is 4.90 Å². The van der Waals surface area contributed by atoms with Crippen LogP contribution in [0.3, 0.4) is 0 Å². The highest BCUT2D eigenvalue weighted by Gasteiger charge is 2.24. The maximum absolute atomic E-state index is 12.1. The van der Waals surface area contributed by atoms with E-state index in [0.29, 0.717) is 13.1 Å². The van der Waals surface area contributed by atoms with Crippen LogP contribution in [0.2, 0.25) is 0 Å². The molecule has 5 nitrogen and oxygen atoms in total. The summed E-state index contributed by atoms with van der Waals surface area (Å²) < 4.78 is 23.4. The lowest BCUT2D eigenvalue weighted by atomic mass is 10.00. The number of nitrogens with zero attached hydrogens (tertiary/aromatic N) is 2. The Bertz CT molecular complexity index is 647. The van der Waals surface area contributed by atoms with Crippen molar-refractivity contribution in [3.63, 3.8) is 0 Å². The number of nitriles is 1. The van der Waals surface area contributed by atoms with Crippen LogP contribution in [0.25, 0.3) is 0 Å². The molecule has 0 fully saturated rings. The normalized spacial score (nSPS) is 14.4. The van der Waals surface area contributed by atoms with Crippen molar-refractivity contribution in [1.29, 1.82) is 5.26 Å². The minimum atomic E-state index is -3.48. The first-order valence-corrected chi connectivity index (χ1v) is 8.26. The molecule has 1 aromatic carbocycles. The molecule has 0 aromatic heterocycles. The topological polar surface area (TPSA) is 78.2 Å². The molecular formula is C14H16N2O3S. The largest absolute Gasteiger partial charge is 0.337 e. The Morgan fingerprint density at radius 1 is 1.30 bits per heavy atom. The number of amides is 1. The molecule has 0 N–H and O–H groups in total. The monoisotopic (exact) mass is 292 g/mol. The van der Waals surface area contributed by atoms with E-state index < -0.39 is 15.6 Å². The highest BCUT2D eigenvalue weighted by atomic mass is 32.2. The number of rotatable bonds is 4. The van der Waals surface area contributed by atoms with Gasteiger partial charge in [-0.25, -0.2) is 8.42 Å². The van der Waals surface area contributed by atoms with Gasteiger partial charge in [-0.15, -0.1) is 0 Å². The molecule has 1 aliphatic rings. The van der Waals surface area contributed by atoms with Gasteiger partial charge in [-0.1, -0.05) is 24.3 Å². The summed E-state index contributed by atoms with van der Waals surface area (Å²) in [6, 6.07) is 9.65. The predicted octanol–water partition coefficient (Wildman–Crippen LogP) is 0.900. The van der Waals surface area contributed by atoms with Crippen LogP contribution < -0.4 is 0 Å². The van der Waals surface area contributed by atoms with Crippen molar-refractivity contribution < 1.29 is 13.2 Å². The quantitative estimate of drug-likeness (QED) is 0.826. The first-order valence-electron chi connectivity index (χ1n) is 6.44. The van der Waals surface area contributed by atoms with Crippen LogP contribution in [0, 0.1) is 11.3 Å². The summed E-state index contributed by atoms with van der Waals surface area (Å²) in [5.74, 6) is -1.13. The highest BCUT2D eigenvalue weighted by Crippen LogP contribution is 2.18. The second kappa shape index (κ2) is 6.06. The Morgan fingerprint density at radius 2 is 2.00 bits per heavy atom. The minimum absolute atomic E-state index is 0.0710. The second-order valence-electron chi connectivity index (χ2n) is 4.83. The van der Waals surface area contributed by atoms with E-state index >= 15 is 0 Å². The van der Waals surface area contributed by atoms with Gasteiger partial charge in [0.05, 0.1) is 11.8 Å². The van der Waals surface area contributed by atoms with Crippen LogP contribution >= 0.6 is 0 Å². The average Bonchev–Trinajstić information content (AvgIpc) is 2.44. The fourth-order valence-corrected chi connectivity index (χ4v) is 3.37. The van der Waals surface area contributed by atoms with Gasteiger partial charge in [0, 0.05) is 19.5 Å². The van der Waals surface area contributed by atoms with Crippen molar-refractivity contribution in [2.45, 2.75) is 19.4 Å². The number of fused-ring (bicyclic) bond motifs is 1. The van der Waals surface area contributed by atoms with E-state index in [1.54, 1.807) is 11.0 Å². The lowest BCUT2D eigenvalue weighted by molar-refractivity contribution is -0.129. The summed E-state index contributed by atoms with van der Waals surface area (Å²) in [6.07, 6.45) is 0.679. The molecule has 20 heavy (non-hydrogen) atoms. The van der Waals surface area contributed by atoms with E-state index in [0.717, 1.165) is 12.0 Å². The van der Waals surface area contributed by atoms with Crippen LogP contribution in [0.4, 0.5) is 0 Å². The van der Waals surface area contributed by atoms with Gasteiger partial charge in [0.15, 0.2) is 9.84 Å². The molecule has 6 heteroatoms. The number of benzene rings is 1. The molecule has 1 amide bonds. The molecule has 0 unspecified atom stereocenters. The molecule has 2 rings (SSSR count). The van der Waals surface area contributed by atoms with Crippen molar-refractivity contribution >= 4 is 15.7 Å². The predicted molar refractivity (Wildman–Crippen MR) is 74.4 cm³/mol. The SMILES string of the molecule is N#CCCS(=O)(=O)CC(=O)N1CCc2ccccc2C1. The summed E-state index contributed by atoms with van der Waals surface area (Å²) in [5.41, 5.74) is 2.28. The molecule has 106 valence electrons. The van der Waals surface area contributed by atoms with Crippen molar-refractivity contribution in [2.75, 3.05) is 18.1 Å². The Morgan fingerprint density at radius 3 is 2.70 bits per heavy atom. The molecule has 0 radical (unpaired) electrons. The molecule has 1 aliphatic heterocycles. The smallest absolute Gasteiger partial charge is 0.238 e. The number of carbonyl (C=O) groups is 1. The number of hydrogen-bond donors (Lipinski definition) is 0. The number of carbonyl (C=O) groups excluding carboxylic acids is 1. The summed E-state index contributed by atoms with van der Waals surface area (Å²) in [7, 11) is -3.48. The van der Waals surface area contributed by atoms with E-state index in [1.807, 2.05) is 24.3 Å². The Labute approximate surface area is 118 Å². The minimum Gasteiger partial charge on any atom is -0.337 e. The molecule has 0 spiro atoms. The number of sulfone groups is 1. The molecule has 0 bridgehead atoms. The van der Waals surface area contributed by atoms with Gasteiger partial charge in [0.1, 0.15) is 5.75 Å². The first kappa shape index (κ1) is 14.5. The van der Waals surface area contributed by atoms with Crippen molar-refractivity contribution in [3.8, 4) is 6.07 Å². The van der Waals surface area contributed by atoms with Gasteiger partial charge >= 0.3 is 0 Å². The van der Waals surface area contributed by atoms with E-state index in [1.165, 1.54) is 5.56 Å². The summed E-state index contributed by atoms with van der Waals surface area (Å²) in [6.45, 7) is 1.01. The first-order chi connectivity index (χ1) is 9.52. The second-order valence-corrected chi connectivity index (χ2v) is 7.02. The van der Waals surface area contributed by atoms with Gasteiger partial charge in [-0.3, -0.25) is 4.79 Å². The maximum Gasteiger partial charge on any atom is 0.238 e. The number of hydrogen-bond acceptors (Lipinski definition) is 4. The van der Waals surface area contributed by atoms with Crippen LogP contribution in [-0.2, 0) is 27.6 Å². The fourth-order valence-electron chi connectivity index (χ4n) is 2.26. The van der Waals surface area contributed by atoms with Gasteiger partial charge in [0.2, 0.25) is 5.91 Å². The Hall–Kier alpha value is -1.87. The molecular weight excluding hydrogens is 276 g/mol. The van der Waals surface area contributed by atoms with E-state index in [2.05, 4.69) is 0 Å². The van der Waals surface area contributed by atoms with Gasteiger partial charge in [0.25, 0.3) is 0 Å². The van der Waals surface area contributed by atoms with Crippen molar-refractivity contribution in [3.05, 3.63) is 35.4 Å². The molecule has 1 heterocycles. The Balaban J connectivity index is 2.00. The highest BCUT2D eigenvalue weighted by molar-refractivity contribution is 7.92. The van der Waals surface area contributed by atoms with E-state index in [9.17, 15) is 13.2 Å². The zero-order valence-electron chi connectivity index (χ0n) is 11.1. The molecule has 0 saturated carbocycles. The molecule has 0 atom stereocenters. The Kier molecular flexibility index (Phi) is 4.40. The standard InChI is InChI=1S/C14H16N2O3S/c15-7-3-9-20(18,19)11-14(17)16-8-6-12-4-1-2-5-13(12)10-16/h1-2,4-5H,3,6,8-11H2. The zero-order valence-corrected chi connectivity index (χ0v) is 11.9. The van der Waals surface area contributed by atoms with E-state index in [4.69, 9.17) is 5.26 Å². The lowest BCUT2D eigenvalue weighted by Crippen LogP contribution is -2.39. The third-order valence-corrected chi connectivity index (χ3v) is 4.86. The fraction of sp³-hybridized carbons (Fsp3) is 0.429. The molecule has 0 aliphatic carbocycles. The van der Waals surface area contributed by atoms with Crippen LogP contribution in [-0.4, -0.2) is 37.3 Å².